The van der Waals surface area contributed by atoms with E-state index < -0.39 is 0 Å². The standard InChI is InChI=1S/C20H42N2O/c1-6-8-9-10-11-12-13-14-15-16-20(23)22(17-7-2)18-19(3)21(4)5/h19H,6-18H2,1-5H3. The highest BCUT2D eigenvalue weighted by atomic mass is 16.2. The Morgan fingerprint density at radius 3 is 1.83 bits per heavy atom. The smallest absolute Gasteiger partial charge is 0.222 e. The van der Waals surface area contributed by atoms with Gasteiger partial charge in [0.1, 0.15) is 0 Å². The summed E-state index contributed by atoms with van der Waals surface area (Å²) in [5, 5.41) is 0. The third-order valence-electron chi connectivity index (χ3n) is 4.71. The zero-order chi connectivity index (χ0) is 17.5. The van der Waals surface area contributed by atoms with E-state index in [9.17, 15) is 4.79 Å². The quantitative estimate of drug-likeness (QED) is 0.391. The Hall–Kier alpha value is -0.570. The number of carbonyl (C=O) groups is 1. The molecular weight excluding hydrogens is 284 g/mol. The SMILES string of the molecule is CCCCCCCCCCCC(=O)N(CCC)CC(C)N(C)C. The van der Waals surface area contributed by atoms with Crippen LogP contribution in [0.5, 0.6) is 0 Å². The van der Waals surface area contributed by atoms with Crippen molar-refractivity contribution in [2.75, 3.05) is 27.2 Å². The molecular formula is C20H42N2O. The summed E-state index contributed by atoms with van der Waals surface area (Å²) in [5.41, 5.74) is 0. The average molecular weight is 327 g/mol. The maximum absolute atomic E-state index is 12.4. The zero-order valence-electron chi connectivity index (χ0n) is 16.6. The van der Waals surface area contributed by atoms with Gasteiger partial charge in [-0.2, -0.15) is 0 Å². The molecule has 1 atom stereocenters. The summed E-state index contributed by atoms with van der Waals surface area (Å²) >= 11 is 0. The second-order valence-corrected chi connectivity index (χ2v) is 7.23. The molecule has 0 fully saturated rings. The lowest BCUT2D eigenvalue weighted by Gasteiger charge is -2.29. The molecule has 0 spiro atoms. The molecule has 0 saturated carbocycles. The van der Waals surface area contributed by atoms with Crippen molar-refractivity contribution in [3.8, 4) is 0 Å². The fourth-order valence-corrected chi connectivity index (χ4v) is 2.81. The minimum Gasteiger partial charge on any atom is -0.341 e. The van der Waals surface area contributed by atoms with Crippen LogP contribution in [0.3, 0.4) is 0 Å². The highest BCUT2D eigenvalue weighted by Gasteiger charge is 2.16. The summed E-state index contributed by atoms with van der Waals surface area (Å²) in [4.78, 5) is 16.7. The van der Waals surface area contributed by atoms with Gasteiger partial charge in [-0.05, 0) is 33.9 Å². The number of hydrogen-bond acceptors (Lipinski definition) is 2. The number of carbonyl (C=O) groups excluding carboxylic acids is 1. The van der Waals surface area contributed by atoms with Crippen LogP contribution >= 0.6 is 0 Å². The van der Waals surface area contributed by atoms with E-state index in [-0.39, 0.29) is 0 Å². The molecule has 0 aliphatic carbocycles. The van der Waals surface area contributed by atoms with Crippen molar-refractivity contribution in [1.29, 1.82) is 0 Å². The molecule has 1 unspecified atom stereocenters. The molecule has 0 saturated heterocycles. The summed E-state index contributed by atoms with van der Waals surface area (Å²) in [6.45, 7) is 8.36. The van der Waals surface area contributed by atoms with E-state index in [4.69, 9.17) is 0 Å². The molecule has 0 aromatic heterocycles. The molecule has 0 aromatic rings. The Morgan fingerprint density at radius 2 is 1.35 bits per heavy atom. The summed E-state index contributed by atoms with van der Waals surface area (Å²) < 4.78 is 0. The van der Waals surface area contributed by atoms with Crippen molar-refractivity contribution in [3.63, 3.8) is 0 Å². The van der Waals surface area contributed by atoms with Crippen LogP contribution in [0.4, 0.5) is 0 Å². The number of rotatable bonds is 15. The van der Waals surface area contributed by atoms with Crippen LogP contribution in [0.25, 0.3) is 0 Å². The molecule has 23 heavy (non-hydrogen) atoms. The molecule has 3 nitrogen and oxygen atoms in total. The number of likely N-dealkylation sites (N-methyl/N-ethyl adjacent to an activating group) is 1. The van der Waals surface area contributed by atoms with Crippen LogP contribution < -0.4 is 0 Å². The van der Waals surface area contributed by atoms with Crippen LogP contribution in [0.2, 0.25) is 0 Å². The van der Waals surface area contributed by atoms with Crippen LogP contribution in [0.1, 0.15) is 91.4 Å². The molecule has 0 aliphatic heterocycles. The monoisotopic (exact) mass is 326 g/mol. The van der Waals surface area contributed by atoms with Gasteiger partial charge in [-0.25, -0.2) is 0 Å². The highest BCUT2D eigenvalue weighted by Crippen LogP contribution is 2.11. The van der Waals surface area contributed by atoms with Crippen molar-refractivity contribution >= 4 is 5.91 Å². The molecule has 0 radical (unpaired) electrons. The van der Waals surface area contributed by atoms with Crippen LogP contribution in [0.15, 0.2) is 0 Å². The van der Waals surface area contributed by atoms with E-state index in [0.29, 0.717) is 11.9 Å². The van der Waals surface area contributed by atoms with E-state index in [1.807, 2.05) is 0 Å². The normalized spacial score (nSPS) is 12.6. The van der Waals surface area contributed by atoms with Gasteiger partial charge in [0, 0.05) is 25.6 Å². The van der Waals surface area contributed by atoms with Crippen molar-refractivity contribution in [2.45, 2.75) is 97.4 Å². The molecule has 1 amide bonds. The largest absolute Gasteiger partial charge is 0.341 e. The van der Waals surface area contributed by atoms with Crippen LogP contribution in [0, 0.1) is 0 Å². The fraction of sp³-hybridized carbons (Fsp3) is 0.950. The molecule has 3 heteroatoms. The lowest BCUT2D eigenvalue weighted by atomic mass is 10.1. The third-order valence-corrected chi connectivity index (χ3v) is 4.71. The summed E-state index contributed by atoms with van der Waals surface area (Å²) in [5.74, 6) is 0.350. The van der Waals surface area contributed by atoms with Gasteiger partial charge in [-0.3, -0.25) is 4.79 Å². The van der Waals surface area contributed by atoms with Gasteiger partial charge >= 0.3 is 0 Å². The van der Waals surface area contributed by atoms with Gasteiger partial charge in [-0.1, -0.05) is 65.2 Å². The van der Waals surface area contributed by atoms with Gasteiger partial charge < -0.3 is 9.80 Å². The van der Waals surface area contributed by atoms with Crippen LogP contribution in [-0.4, -0.2) is 48.9 Å². The average Bonchev–Trinajstić information content (AvgIpc) is 2.52. The molecule has 138 valence electrons. The Kier molecular flexibility index (Phi) is 14.6. The first-order chi connectivity index (χ1) is 11.0. The minimum atomic E-state index is 0.350. The highest BCUT2D eigenvalue weighted by molar-refractivity contribution is 5.76. The third kappa shape index (κ3) is 12.5. The second-order valence-electron chi connectivity index (χ2n) is 7.23. The van der Waals surface area contributed by atoms with E-state index in [2.05, 4.69) is 44.7 Å². The first-order valence-corrected chi connectivity index (χ1v) is 9.97. The number of unbranched alkanes of at least 4 members (excludes halogenated alkanes) is 8. The fourth-order valence-electron chi connectivity index (χ4n) is 2.81. The van der Waals surface area contributed by atoms with Gasteiger partial charge in [0.25, 0.3) is 0 Å². The van der Waals surface area contributed by atoms with E-state index in [1.165, 1.54) is 51.4 Å². The molecule has 0 aliphatic rings. The molecule has 0 heterocycles. The Morgan fingerprint density at radius 1 is 0.826 bits per heavy atom. The first kappa shape index (κ1) is 22.4. The Labute approximate surface area is 145 Å². The summed E-state index contributed by atoms with van der Waals surface area (Å²) in [6, 6.07) is 0.425. The maximum Gasteiger partial charge on any atom is 0.222 e. The Balaban J connectivity index is 3.78. The van der Waals surface area contributed by atoms with Crippen LogP contribution in [-0.2, 0) is 4.79 Å². The van der Waals surface area contributed by atoms with Gasteiger partial charge in [-0.15, -0.1) is 0 Å². The van der Waals surface area contributed by atoms with E-state index in [1.54, 1.807) is 0 Å². The summed E-state index contributed by atoms with van der Waals surface area (Å²) in [7, 11) is 4.17. The van der Waals surface area contributed by atoms with E-state index >= 15 is 0 Å². The predicted molar refractivity (Wildman–Crippen MR) is 102 cm³/mol. The number of amides is 1. The molecule has 0 rings (SSSR count). The molecule has 0 bridgehead atoms. The Bertz CT molecular complexity index is 279. The maximum atomic E-state index is 12.4. The van der Waals surface area contributed by atoms with Crippen molar-refractivity contribution in [3.05, 3.63) is 0 Å². The number of hydrogen-bond donors (Lipinski definition) is 0. The van der Waals surface area contributed by atoms with Gasteiger partial charge in [0.2, 0.25) is 5.91 Å². The zero-order valence-corrected chi connectivity index (χ0v) is 16.6. The lowest BCUT2D eigenvalue weighted by Crippen LogP contribution is -2.42. The molecule has 0 N–H and O–H groups in total. The van der Waals surface area contributed by atoms with Crippen molar-refractivity contribution in [1.82, 2.24) is 9.80 Å². The van der Waals surface area contributed by atoms with Gasteiger partial charge in [0.05, 0.1) is 0 Å². The van der Waals surface area contributed by atoms with Gasteiger partial charge in [0.15, 0.2) is 0 Å². The first-order valence-electron chi connectivity index (χ1n) is 9.97. The summed E-state index contributed by atoms with van der Waals surface area (Å²) in [6.07, 6.45) is 13.5. The minimum absolute atomic E-state index is 0.350. The van der Waals surface area contributed by atoms with E-state index in [0.717, 1.165) is 32.4 Å². The lowest BCUT2D eigenvalue weighted by molar-refractivity contribution is -0.132. The predicted octanol–water partition coefficient (Wildman–Crippen LogP) is 5.10. The number of nitrogens with zero attached hydrogens (tertiary/aromatic N) is 2. The topological polar surface area (TPSA) is 23.6 Å². The second kappa shape index (κ2) is 15.0. The molecule has 0 aromatic carbocycles. The van der Waals surface area contributed by atoms with Crippen molar-refractivity contribution < 1.29 is 4.79 Å². The van der Waals surface area contributed by atoms with Crippen molar-refractivity contribution in [2.24, 2.45) is 0 Å².